The second-order valence-corrected chi connectivity index (χ2v) is 12.2. The standard InChI is InChI=1S/C31H34N6O4S/c1-4-24(5-2)33-8-9-37-10-11-41-29-16-21(6-7-26(29)31(37)38)23-15-27-28(19-35-30(27)34-18-23)22-12-20(17-32)13-25(14-22)36-42(3,39)40/h6-7,12-16,18-19,24,33,36H,4-5,8-11H2,1-3H3,(H,34,35). The van der Waals surface area contributed by atoms with Gasteiger partial charge in [0.15, 0.2) is 0 Å². The maximum absolute atomic E-state index is 13.3. The molecule has 4 aromatic rings. The number of aromatic amines is 1. The molecule has 1 amide bonds. The van der Waals surface area contributed by atoms with Gasteiger partial charge in [0.2, 0.25) is 10.0 Å². The molecule has 0 bridgehead atoms. The third-order valence-electron chi connectivity index (χ3n) is 7.46. The van der Waals surface area contributed by atoms with Crippen LogP contribution in [-0.2, 0) is 10.0 Å². The van der Waals surface area contributed by atoms with Crippen LogP contribution in [0.15, 0.2) is 54.9 Å². The van der Waals surface area contributed by atoms with Crippen LogP contribution in [0.4, 0.5) is 5.69 Å². The van der Waals surface area contributed by atoms with Gasteiger partial charge < -0.3 is 19.9 Å². The van der Waals surface area contributed by atoms with E-state index in [4.69, 9.17) is 4.74 Å². The van der Waals surface area contributed by atoms with Gasteiger partial charge in [-0.1, -0.05) is 19.9 Å². The van der Waals surface area contributed by atoms with E-state index in [-0.39, 0.29) is 5.91 Å². The van der Waals surface area contributed by atoms with Crippen LogP contribution < -0.4 is 14.8 Å². The first-order chi connectivity index (χ1) is 20.2. The number of amides is 1. The largest absolute Gasteiger partial charge is 0.491 e. The first-order valence-electron chi connectivity index (χ1n) is 14.0. The second kappa shape index (κ2) is 12.2. The number of ether oxygens (including phenoxy) is 1. The number of carbonyl (C=O) groups excluding carboxylic acids is 1. The third kappa shape index (κ3) is 6.40. The quantitative estimate of drug-likeness (QED) is 0.244. The maximum Gasteiger partial charge on any atom is 0.257 e. The number of benzene rings is 2. The summed E-state index contributed by atoms with van der Waals surface area (Å²) in [4.78, 5) is 22.9. The van der Waals surface area contributed by atoms with Crippen LogP contribution in [0.1, 0.15) is 42.6 Å². The molecule has 0 atom stereocenters. The Labute approximate surface area is 245 Å². The molecule has 0 saturated heterocycles. The molecule has 1 aliphatic heterocycles. The number of carbonyl (C=O) groups is 1. The Bertz CT molecular complexity index is 1770. The molecule has 0 fully saturated rings. The summed E-state index contributed by atoms with van der Waals surface area (Å²) in [6, 6.07) is 15.0. The van der Waals surface area contributed by atoms with E-state index in [1.165, 1.54) is 6.07 Å². The zero-order valence-corrected chi connectivity index (χ0v) is 24.7. The van der Waals surface area contributed by atoms with Crippen LogP contribution in [0.5, 0.6) is 5.75 Å². The van der Waals surface area contributed by atoms with Gasteiger partial charge in [-0.2, -0.15) is 5.26 Å². The number of hydrogen-bond acceptors (Lipinski definition) is 7. The van der Waals surface area contributed by atoms with Crippen molar-refractivity contribution in [3.8, 4) is 34.1 Å². The molecule has 11 heteroatoms. The van der Waals surface area contributed by atoms with Crippen molar-refractivity contribution >= 4 is 32.7 Å². The van der Waals surface area contributed by atoms with E-state index in [1.807, 2.05) is 23.1 Å². The van der Waals surface area contributed by atoms with Gasteiger partial charge in [0.1, 0.15) is 18.0 Å². The Hall–Kier alpha value is -4.40. The molecule has 0 unspecified atom stereocenters. The zero-order valence-electron chi connectivity index (χ0n) is 23.9. The van der Waals surface area contributed by atoms with Crippen LogP contribution in [0.3, 0.4) is 0 Å². The molecule has 1 aliphatic rings. The van der Waals surface area contributed by atoms with Gasteiger partial charge in [-0.25, -0.2) is 13.4 Å². The predicted molar refractivity (Wildman–Crippen MR) is 164 cm³/mol. The van der Waals surface area contributed by atoms with Crippen molar-refractivity contribution in [3.05, 3.63) is 66.0 Å². The van der Waals surface area contributed by atoms with Crippen molar-refractivity contribution in [1.29, 1.82) is 5.26 Å². The van der Waals surface area contributed by atoms with Crippen molar-refractivity contribution in [2.75, 3.05) is 37.2 Å². The highest BCUT2D eigenvalue weighted by atomic mass is 32.2. The normalized spacial score (nSPS) is 13.5. The number of rotatable bonds is 10. The highest BCUT2D eigenvalue weighted by Gasteiger charge is 2.24. The zero-order chi connectivity index (χ0) is 29.9. The predicted octanol–water partition coefficient (Wildman–Crippen LogP) is 4.75. The summed E-state index contributed by atoms with van der Waals surface area (Å²) < 4.78 is 32.1. The number of aromatic nitrogens is 2. The lowest BCUT2D eigenvalue weighted by Crippen LogP contribution is -2.40. The van der Waals surface area contributed by atoms with Gasteiger partial charge in [-0.05, 0) is 60.4 Å². The fourth-order valence-electron chi connectivity index (χ4n) is 5.25. The Morgan fingerprint density at radius 3 is 2.64 bits per heavy atom. The lowest BCUT2D eigenvalue weighted by Gasteiger charge is -2.22. The van der Waals surface area contributed by atoms with Crippen molar-refractivity contribution < 1.29 is 17.9 Å². The number of hydrogen-bond donors (Lipinski definition) is 3. The van der Waals surface area contributed by atoms with E-state index in [2.05, 4.69) is 39.9 Å². The lowest BCUT2D eigenvalue weighted by molar-refractivity contribution is 0.0755. The van der Waals surface area contributed by atoms with Gasteiger partial charge in [0.25, 0.3) is 5.91 Å². The summed E-state index contributed by atoms with van der Waals surface area (Å²) in [5, 5.41) is 13.9. The number of nitriles is 1. The number of H-pyrrole nitrogens is 1. The van der Waals surface area contributed by atoms with E-state index in [0.29, 0.717) is 59.5 Å². The molecule has 0 saturated carbocycles. The SMILES string of the molecule is CCC(CC)NCCN1CCOc2cc(-c3cnc4[nH]cc(-c5cc(C#N)cc(NS(C)(=O)=O)c5)c4c3)ccc2C1=O. The minimum absolute atomic E-state index is 0.0437. The number of pyridine rings is 1. The van der Waals surface area contributed by atoms with E-state index < -0.39 is 10.0 Å². The Morgan fingerprint density at radius 2 is 1.90 bits per heavy atom. The summed E-state index contributed by atoms with van der Waals surface area (Å²) >= 11 is 0. The van der Waals surface area contributed by atoms with Gasteiger partial charge in [0, 0.05) is 48.0 Å². The van der Waals surface area contributed by atoms with Crippen molar-refractivity contribution in [3.63, 3.8) is 0 Å². The minimum atomic E-state index is -3.52. The van der Waals surface area contributed by atoms with Crippen LogP contribution in [0.25, 0.3) is 33.3 Å². The molecule has 0 radical (unpaired) electrons. The average molecular weight is 587 g/mol. The molecule has 0 aliphatic carbocycles. The second-order valence-electron chi connectivity index (χ2n) is 10.4. The summed E-state index contributed by atoms with van der Waals surface area (Å²) in [6.45, 7) is 6.60. The molecule has 3 heterocycles. The van der Waals surface area contributed by atoms with Crippen LogP contribution in [0.2, 0.25) is 0 Å². The average Bonchev–Trinajstić information content (AvgIpc) is 3.33. The highest BCUT2D eigenvalue weighted by Crippen LogP contribution is 2.35. The van der Waals surface area contributed by atoms with Crippen LogP contribution in [-0.4, -0.2) is 67.7 Å². The number of nitrogens with zero attached hydrogens (tertiary/aromatic N) is 3. The molecule has 10 nitrogen and oxygen atoms in total. The maximum atomic E-state index is 13.3. The molecule has 42 heavy (non-hydrogen) atoms. The molecule has 2 aromatic heterocycles. The highest BCUT2D eigenvalue weighted by molar-refractivity contribution is 7.92. The first-order valence-corrected chi connectivity index (χ1v) is 15.9. The summed E-state index contributed by atoms with van der Waals surface area (Å²) in [5.41, 5.74) is 4.91. The van der Waals surface area contributed by atoms with E-state index in [9.17, 15) is 18.5 Å². The van der Waals surface area contributed by atoms with Crippen molar-refractivity contribution in [2.45, 2.75) is 32.7 Å². The monoisotopic (exact) mass is 586 g/mol. The van der Waals surface area contributed by atoms with Crippen molar-refractivity contribution in [1.82, 2.24) is 20.2 Å². The molecule has 218 valence electrons. The molecule has 0 spiro atoms. The number of sulfonamides is 1. The van der Waals surface area contributed by atoms with Gasteiger partial charge in [-0.15, -0.1) is 0 Å². The number of anilines is 1. The molecular formula is C31H34N6O4S. The summed E-state index contributed by atoms with van der Waals surface area (Å²) in [5.74, 6) is 0.498. The van der Waals surface area contributed by atoms with E-state index in [0.717, 1.165) is 47.7 Å². The molecule has 3 N–H and O–H groups in total. The van der Waals surface area contributed by atoms with Crippen LogP contribution >= 0.6 is 0 Å². The fraction of sp³-hybridized carbons (Fsp3) is 0.323. The molecule has 5 rings (SSSR count). The third-order valence-corrected chi connectivity index (χ3v) is 8.07. The molecule has 2 aromatic carbocycles. The van der Waals surface area contributed by atoms with Crippen molar-refractivity contribution in [2.24, 2.45) is 0 Å². The Kier molecular flexibility index (Phi) is 8.47. The van der Waals surface area contributed by atoms with Crippen LogP contribution in [0, 0.1) is 11.3 Å². The summed E-state index contributed by atoms with van der Waals surface area (Å²) in [7, 11) is -3.52. The lowest BCUT2D eigenvalue weighted by atomic mass is 9.99. The van der Waals surface area contributed by atoms with Gasteiger partial charge in [0.05, 0.1) is 35.7 Å². The number of nitrogens with one attached hydrogen (secondary N) is 3. The topological polar surface area (TPSA) is 140 Å². The minimum Gasteiger partial charge on any atom is -0.491 e. The smallest absolute Gasteiger partial charge is 0.257 e. The summed E-state index contributed by atoms with van der Waals surface area (Å²) in [6.07, 6.45) is 6.71. The Balaban J connectivity index is 1.43. The van der Waals surface area contributed by atoms with E-state index in [1.54, 1.807) is 30.6 Å². The van der Waals surface area contributed by atoms with E-state index >= 15 is 0 Å². The first kappa shape index (κ1) is 29.1. The van der Waals surface area contributed by atoms with Gasteiger partial charge in [-0.3, -0.25) is 9.52 Å². The number of fused-ring (bicyclic) bond motifs is 2. The fourth-order valence-corrected chi connectivity index (χ4v) is 5.80. The Morgan fingerprint density at radius 1 is 1.10 bits per heavy atom. The van der Waals surface area contributed by atoms with Gasteiger partial charge >= 0.3 is 0 Å². The molecular weight excluding hydrogens is 552 g/mol.